The van der Waals surface area contributed by atoms with Crippen LogP contribution in [0.2, 0.25) is 0 Å². The molecule has 0 unspecified atom stereocenters. The maximum atomic E-state index is 13.5. The molecule has 1 aliphatic rings. The van der Waals surface area contributed by atoms with E-state index in [4.69, 9.17) is 9.47 Å². The normalized spacial score (nSPS) is 20.0. The molecule has 7 nitrogen and oxygen atoms in total. The molecule has 1 heterocycles. The molecule has 2 aromatic carbocycles. The molecule has 0 saturated carbocycles. The molecule has 3 rings (SSSR count). The van der Waals surface area contributed by atoms with E-state index in [-0.39, 0.29) is 18.4 Å². The van der Waals surface area contributed by atoms with Crippen molar-refractivity contribution >= 4 is 16.1 Å². The second-order valence-corrected chi connectivity index (χ2v) is 9.86. The number of benzene rings is 2. The molecular weight excluding hydrogens is 435 g/mol. The molecule has 1 saturated heterocycles. The van der Waals surface area contributed by atoms with Gasteiger partial charge < -0.3 is 14.4 Å². The third kappa shape index (κ3) is 5.77. The lowest BCUT2D eigenvalue weighted by molar-refractivity contribution is -0.0662. The topological polar surface area (TPSA) is 84.9 Å². The van der Waals surface area contributed by atoms with Gasteiger partial charge in [-0.3, -0.25) is 0 Å². The van der Waals surface area contributed by atoms with Crippen LogP contribution in [0.15, 0.2) is 48.5 Å². The fourth-order valence-corrected chi connectivity index (χ4v) is 4.51. The highest BCUT2D eigenvalue weighted by Crippen LogP contribution is 2.40. The minimum atomic E-state index is -3.31. The van der Waals surface area contributed by atoms with Crippen molar-refractivity contribution < 1.29 is 27.1 Å². The molecule has 0 radical (unpaired) electrons. The summed E-state index contributed by atoms with van der Waals surface area (Å²) in [5.41, 5.74) is 0.706. The van der Waals surface area contributed by atoms with Crippen molar-refractivity contribution in [1.29, 1.82) is 0 Å². The number of methoxy groups -OCH3 is 1. The number of carbonyl (C=O) groups is 1. The zero-order chi connectivity index (χ0) is 23.4. The van der Waals surface area contributed by atoms with Crippen LogP contribution < -0.4 is 9.46 Å². The SMILES string of the molecule is COc1ccc([C@H](C)N2CC[C@](CCCNS(C)(=O)=O)(c3ccc(F)cc3)OC2=O)cc1. The number of amides is 1. The monoisotopic (exact) mass is 464 g/mol. The Morgan fingerprint density at radius 3 is 2.41 bits per heavy atom. The molecule has 1 N–H and O–H groups in total. The van der Waals surface area contributed by atoms with Crippen molar-refractivity contribution in [3.05, 3.63) is 65.5 Å². The van der Waals surface area contributed by atoms with Gasteiger partial charge in [0.15, 0.2) is 0 Å². The van der Waals surface area contributed by atoms with Crippen molar-refractivity contribution in [3.63, 3.8) is 0 Å². The fourth-order valence-electron chi connectivity index (χ4n) is 3.99. The highest BCUT2D eigenvalue weighted by Gasteiger charge is 2.43. The summed E-state index contributed by atoms with van der Waals surface area (Å²) in [6.07, 6.45) is 2.02. The summed E-state index contributed by atoms with van der Waals surface area (Å²) in [7, 11) is -1.71. The minimum Gasteiger partial charge on any atom is -0.497 e. The number of nitrogens with one attached hydrogen (secondary N) is 1. The number of nitrogens with zero attached hydrogens (tertiary/aromatic N) is 1. The molecule has 32 heavy (non-hydrogen) atoms. The van der Waals surface area contributed by atoms with E-state index in [9.17, 15) is 17.6 Å². The first-order chi connectivity index (χ1) is 15.1. The van der Waals surface area contributed by atoms with Gasteiger partial charge in [-0.1, -0.05) is 24.3 Å². The number of hydrogen-bond donors (Lipinski definition) is 1. The molecule has 1 aliphatic heterocycles. The molecule has 0 spiro atoms. The molecule has 2 aromatic rings. The first-order valence-corrected chi connectivity index (χ1v) is 12.4. The standard InChI is InChI=1S/C23H29FN2O5S/c1-17(18-5-11-21(30-2)12-6-18)26-16-14-23(31-22(26)27,13-4-15-25-32(3,28)29)19-7-9-20(24)10-8-19/h5-12,17,25H,4,13-16H2,1-3H3/t17-,23+/m0/s1. The first kappa shape index (κ1) is 24.0. The Hall–Kier alpha value is -2.65. The number of rotatable bonds is 9. The molecule has 2 atom stereocenters. The summed E-state index contributed by atoms with van der Waals surface area (Å²) >= 11 is 0. The Balaban J connectivity index is 1.77. The lowest BCUT2D eigenvalue weighted by Gasteiger charge is -2.43. The number of carbonyl (C=O) groups excluding carboxylic acids is 1. The molecule has 174 valence electrons. The van der Waals surface area contributed by atoms with Gasteiger partial charge in [0.05, 0.1) is 19.4 Å². The van der Waals surface area contributed by atoms with E-state index in [1.807, 2.05) is 31.2 Å². The third-order valence-electron chi connectivity index (χ3n) is 5.83. The molecule has 1 amide bonds. The Morgan fingerprint density at radius 1 is 1.19 bits per heavy atom. The van der Waals surface area contributed by atoms with Crippen LogP contribution in [0.5, 0.6) is 5.75 Å². The molecular formula is C23H29FN2O5S. The number of cyclic esters (lactones) is 1. The van der Waals surface area contributed by atoms with E-state index in [1.54, 1.807) is 24.1 Å². The Morgan fingerprint density at radius 2 is 1.84 bits per heavy atom. The smallest absolute Gasteiger partial charge is 0.411 e. The molecule has 0 aromatic heterocycles. The second kappa shape index (κ2) is 9.87. The van der Waals surface area contributed by atoms with Gasteiger partial charge in [-0.05, 0) is 55.2 Å². The van der Waals surface area contributed by atoms with Crippen LogP contribution in [0.3, 0.4) is 0 Å². The van der Waals surface area contributed by atoms with E-state index in [0.29, 0.717) is 31.4 Å². The summed E-state index contributed by atoms with van der Waals surface area (Å²) in [5.74, 6) is 0.361. The Labute approximate surface area is 188 Å². The van der Waals surface area contributed by atoms with E-state index >= 15 is 0 Å². The first-order valence-electron chi connectivity index (χ1n) is 10.5. The molecule has 1 fully saturated rings. The lowest BCUT2D eigenvalue weighted by atomic mass is 9.84. The minimum absolute atomic E-state index is 0.202. The number of sulfonamides is 1. The van der Waals surface area contributed by atoms with Crippen molar-refractivity contribution in [1.82, 2.24) is 9.62 Å². The zero-order valence-corrected chi connectivity index (χ0v) is 19.3. The van der Waals surface area contributed by atoms with Gasteiger partial charge in [0.1, 0.15) is 17.2 Å². The van der Waals surface area contributed by atoms with Gasteiger partial charge in [0, 0.05) is 19.5 Å². The molecule has 0 bridgehead atoms. The van der Waals surface area contributed by atoms with Gasteiger partial charge in [0.25, 0.3) is 0 Å². The molecule has 0 aliphatic carbocycles. The summed E-state index contributed by atoms with van der Waals surface area (Å²) in [5, 5.41) is 0. The van der Waals surface area contributed by atoms with Crippen molar-refractivity contribution in [2.24, 2.45) is 0 Å². The summed E-state index contributed by atoms with van der Waals surface area (Å²) in [6.45, 7) is 2.61. The van der Waals surface area contributed by atoms with Crippen molar-refractivity contribution in [2.45, 2.75) is 37.8 Å². The van der Waals surface area contributed by atoms with Crippen LogP contribution in [0.25, 0.3) is 0 Å². The summed E-state index contributed by atoms with van der Waals surface area (Å²) in [6, 6.07) is 13.2. The second-order valence-electron chi connectivity index (χ2n) is 8.03. The average Bonchev–Trinajstić information content (AvgIpc) is 2.76. The lowest BCUT2D eigenvalue weighted by Crippen LogP contribution is -2.49. The van der Waals surface area contributed by atoms with Crippen molar-refractivity contribution in [3.8, 4) is 5.75 Å². The van der Waals surface area contributed by atoms with Gasteiger partial charge in [-0.2, -0.15) is 0 Å². The van der Waals surface area contributed by atoms with Crippen LogP contribution >= 0.6 is 0 Å². The number of halogens is 1. The molecule has 9 heteroatoms. The zero-order valence-electron chi connectivity index (χ0n) is 18.5. The van der Waals surface area contributed by atoms with Gasteiger partial charge in [0.2, 0.25) is 10.0 Å². The number of ether oxygens (including phenoxy) is 2. The Bertz CT molecular complexity index is 1030. The third-order valence-corrected chi connectivity index (χ3v) is 6.56. The van der Waals surface area contributed by atoms with E-state index in [1.165, 1.54) is 12.1 Å². The quantitative estimate of drug-likeness (QED) is 0.568. The van der Waals surface area contributed by atoms with Crippen LogP contribution in [-0.2, 0) is 20.4 Å². The van der Waals surface area contributed by atoms with Gasteiger partial charge in [-0.15, -0.1) is 0 Å². The summed E-state index contributed by atoms with van der Waals surface area (Å²) in [4.78, 5) is 14.7. The van der Waals surface area contributed by atoms with Gasteiger partial charge in [-0.25, -0.2) is 22.3 Å². The highest BCUT2D eigenvalue weighted by atomic mass is 32.2. The predicted molar refractivity (Wildman–Crippen MR) is 119 cm³/mol. The van der Waals surface area contributed by atoms with Crippen LogP contribution in [-0.4, -0.2) is 45.9 Å². The van der Waals surface area contributed by atoms with E-state index in [0.717, 1.165) is 17.6 Å². The predicted octanol–water partition coefficient (Wildman–Crippen LogP) is 3.96. The number of hydrogen-bond acceptors (Lipinski definition) is 5. The maximum Gasteiger partial charge on any atom is 0.411 e. The van der Waals surface area contributed by atoms with Gasteiger partial charge >= 0.3 is 6.09 Å². The van der Waals surface area contributed by atoms with Crippen LogP contribution in [0.4, 0.5) is 9.18 Å². The van der Waals surface area contributed by atoms with Crippen LogP contribution in [0, 0.1) is 5.82 Å². The largest absolute Gasteiger partial charge is 0.497 e. The Kier molecular flexibility index (Phi) is 7.40. The summed E-state index contributed by atoms with van der Waals surface area (Å²) < 4.78 is 49.9. The maximum absolute atomic E-state index is 13.5. The fraction of sp³-hybridized carbons (Fsp3) is 0.435. The van der Waals surface area contributed by atoms with Crippen LogP contribution in [0.1, 0.15) is 43.4 Å². The van der Waals surface area contributed by atoms with Crippen molar-refractivity contribution in [2.75, 3.05) is 26.5 Å². The highest BCUT2D eigenvalue weighted by molar-refractivity contribution is 7.88. The van der Waals surface area contributed by atoms with E-state index in [2.05, 4.69) is 4.72 Å². The average molecular weight is 465 g/mol. The van der Waals surface area contributed by atoms with E-state index < -0.39 is 21.7 Å².